The number of anilines is 2. The van der Waals surface area contributed by atoms with Gasteiger partial charge in [0.2, 0.25) is 0 Å². The van der Waals surface area contributed by atoms with Crippen LogP contribution in [-0.4, -0.2) is 67.3 Å². The number of fused-ring (bicyclic) bond motifs is 3. The van der Waals surface area contributed by atoms with Gasteiger partial charge in [-0.3, -0.25) is 9.69 Å². The number of hydrogen-bond acceptors (Lipinski definition) is 7. The number of methoxy groups -OCH3 is 1. The van der Waals surface area contributed by atoms with E-state index >= 15 is 0 Å². The molecule has 1 amide bonds. The van der Waals surface area contributed by atoms with Crippen LogP contribution >= 0.6 is 0 Å². The highest BCUT2D eigenvalue weighted by Crippen LogP contribution is 2.40. The largest absolute Gasteiger partial charge is 0.497 e. The van der Waals surface area contributed by atoms with Gasteiger partial charge in [-0.05, 0) is 47.5 Å². The number of carbonyl (C=O) groups excluding carboxylic acids is 1. The van der Waals surface area contributed by atoms with Gasteiger partial charge in [0.1, 0.15) is 17.9 Å². The standard InChI is InChI=1S/C25H27N5O3/c1-32-20-6-4-19(5-7-20)29-24-23-21-14-18(3-2-17(21)15-22(23)27-16-28-24)25(31)26-8-9-30-10-12-33-13-11-30/h2-7,14,16H,8-13,15H2,1H3,(H,26,31)(H,27,28,29). The van der Waals surface area contributed by atoms with E-state index in [1.54, 1.807) is 13.4 Å². The second-order valence-corrected chi connectivity index (χ2v) is 8.16. The fourth-order valence-electron chi connectivity index (χ4n) is 4.28. The molecule has 1 fully saturated rings. The zero-order chi connectivity index (χ0) is 22.6. The van der Waals surface area contributed by atoms with Gasteiger partial charge in [0, 0.05) is 49.4 Å². The van der Waals surface area contributed by atoms with Crippen LogP contribution in [0.4, 0.5) is 11.5 Å². The van der Waals surface area contributed by atoms with Crippen molar-refractivity contribution in [1.29, 1.82) is 0 Å². The van der Waals surface area contributed by atoms with Crippen LogP contribution in [0.15, 0.2) is 48.8 Å². The Morgan fingerprint density at radius 3 is 2.73 bits per heavy atom. The molecule has 33 heavy (non-hydrogen) atoms. The topological polar surface area (TPSA) is 88.6 Å². The summed E-state index contributed by atoms with van der Waals surface area (Å²) in [6.07, 6.45) is 2.30. The van der Waals surface area contributed by atoms with E-state index in [1.807, 2.05) is 42.5 Å². The minimum Gasteiger partial charge on any atom is -0.497 e. The van der Waals surface area contributed by atoms with Crippen molar-refractivity contribution in [1.82, 2.24) is 20.2 Å². The Bertz CT molecular complexity index is 1140. The third-order valence-corrected chi connectivity index (χ3v) is 6.10. The lowest BCUT2D eigenvalue weighted by atomic mass is 10.0. The number of nitrogens with one attached hydrogen (secondary N) is 2. The summed E-state index contributed by atoms with van der Waals surface area (Å²) in [7, 11) is 1.65. The van der Waals surface area contributed by atoms with Crippen molar-refractivity contribution in [2.75, 3.05) is 51.8 Å². The van der Waals surface area contributed by atoms with Gasteiger partial charge in [0.15, 0.2) is 0 Å². The van der Waals surface area contributed by atoms with Crippen molar-refractivity contribution in [3.05, 3.63) is 65.6 Å². The first-order chi connectivity index (χ1) is 16.2. The lowest BCUT2D eigenvalue weighted by Gasteiger charge is -2.26. The summed E-state index contributed by atoms with van der Waals surface area (Å²) >= 11 is 0. The Hall–Kier alpha value is -3.49. The van der Waals surface area contributed by atoms with Gasteiger partial charge in [-0.1, -0.05) is 6.07 Å². The van der Waals surface area contributed by atoms with Gasteiger partial charge < -0.3 is 20.1 Å². The van der Waals surface area contributed by atoms with Crippen molar-refractivity contribution in [2.24, 2.45) is 0 Å². The summed E-state index contributed by atoms with van der Waals surface area (Å²) < 4.78 is 10.6. The molecule has 1 aliphatic heterocycles. The Balaban J connectivity index is 1.33. The van der Waals surface area contributed by atoms with E-state index in [9.17, 15) is 4.79 Å². The molecule has 0 radical (unpaired) electrons. The highest BCUT2D eigenvalue weighted by atomic mass is 16.5. The van der Waals surface area contributed by atoms with Crippen LogP contribution in [0.1, 0.15) is 21.6 Å². The van der Waals surface area contributed by atoms with E-state index in [4.69, 9.17) is 9.47 Å². The average molecular weight is 446 g/mol. The van der Waals surface area contributed by atoms with Gasteiger partial charge in [-0.25, -0.2) is 9.97 Å². The van der Waals surface area contributed by atoms with E-state index in [2.05, 4.69) is 25.5 Å². The number of ether oxygens (including phenoxy) is 2. The highest BCUT2D eigenvalue weighted by Gasteiger charge is 2.25. The van der Waals surface area contributed by atoms with Gasteiger partial charge in [0.25, 0.3) is 5.91 Å². The monoisotopic (exact) mass is 445 g/mol. The molecule has 2 aliphatic rings. The first kappa shape index (κ1) is 21.4. The van der Waals surface area contributed by atoms with Gasteiger partial charge in [0.05, 0.1) is 26.0 Å². The predicted molar refractivity (Wildman–Crippen MR) is 126 cm³/mol. The predicted octanol–water partition coefficient (Wildman–Crippen LogP) is 2.86. The van der Waals surface area contributed by atoms with Crippen molar-refractivity contribution in [2.45, 2.75) is 6.42 Å². The summed E-state index contributed by atoms with van der Waals surface area (Å²) in [5.41, 5.74) is 5.60. The maximum atomic E-state index is 12.8. The fourth-order valence-corrected chi connectivity index (χ4v) is 4.28. The minimum atomic E-state index is -0.0685. The normalized spacial score (nSPS) is 14.9. The number of nitrogens with zero attached hydrogens (tertiary/aromatic N) is 3. The lowest BCUT2D eigenvalue weighted by molar-refractivity contribution is 0.0383. The minimum absolute atomic E-state index is 0.0685. The number of carbonyl (C=O) groups is 1. The number of rotatable bonds is 7. The third kappa shape index (κ3) is 4.67. The molecule has 1 aliphatic carbocycles. The van der Waals surface area contributed by atoms with E-state index < -0.39 is 0 Å². The van der Waals surface area contributed by atoms with Crippen LogP contribution in [0, 0.1) is 0 Å². The molecule has 0 saturated carbocycles. The van der Waals surface area contributed by atoms with E-state index in [-0.39, 0.29) is 5.91 Å². The molecule has 2 heterocycles. The fraction of sp³-hybridized carbons (Fsp3) is 0.320. The number of morpholine rings is 1. The summed E-state index contributed by atoms with van der Waals surface area (Å²) in [4.78, 5) is 24.1. The van der Waals surface area contributed by atoms with Crippen LogP contribution in [0.25, 0.3) is 11.1 Å². The Morgan fingerprint density at radius 1 is 1.12 bits per heavy atom. The third-order valence-electron chi connectivity index (χ3n) is 6.10. The first-order valence-electron chi connectivity index (χ1n) is 11.2. The molecule has 1 aromatic heterocycles. The lowest BCUT2D eigenvalue weighted by Crippen LogP contribution is -2.41. The quantitative estimate of drug-likeness (QED) is 0.452. The SMILES string of the molecule is COc1ccc(Nc2ncnc3c2-c2cc(C(=O)NCCN4CCOCC4)ccc2C3)cc1. The second-order valence-electron chi connectivity index (χ2n) is 8.16. The summed E-state index contributed by atoms with van der Waals surface area (Å²) in [6, 6.07) is 13.6. The molecule has 8 heteroatoms. The Morgan fingerprint density at radius 2 is 1.94 bits per heavy atom. The molecule has 3 aromatic rings. The Labute approximate surface area is 193 Å². The first-order valence-corrected chi connectivity index (χ1v) is 11.2. The number of amides is 1. The Kier molecular flexibility index (Phi) is 6.19. The van der Waals surface area contributed by atoms with E-state index in [0.717, 1.165) is 78.9 Å². The molecule has 2 N–H and O–H groups in total. The second kappa shape index (κ2) is 9.56. The van der Waals surface area contributed by atoms with Crippen molar-refractivity contribution >= 4 is 17.4 Å². The smallest absolute Gasteiger partial charge is 0.251 e. The zero-order valence-corrected chi connectivity index (χ0v) is 18.6. The van der Waals surface area contributed by atoms with E-state index in [1.165, 1.54) is 0 Å². The van der Waals surface area contributed by atoms with Crippen LogP contribution in [-0.2, 0) is 11.2 Å². The summed E-state index contributed by atoms with van der Waals surface area (Å²) in [5.74, 6) is 1.46. The van der Waals surface area contributed by atoms with Gasteiger partial charge >= 0.3 is 0 Å². The maximum absolute atomic E-state index is 12.8. The molecular formula is C25H27N5O3. The molecule has 0 bridgehead atoms. The number of benzene rings is 2. The average Bonchev–Trinajstić information content (AvgIpc) is 3.24. The van der Waals surface area contributed by atoms with Crippen LogP contribution in [0.2, 0.25) is 0 Å². The van der Waals surface area contributed by atoms with Crippen LogP contribution < -0.4 is 15.4 Å². The molecule has 0 atom stereocenters. The summed E-state index contributed by atoms with van der Waals surface area (Å²) in [6.45, 7) is 4.78. The van der Waals surface area contributed by atoms with Crippen molar-refractivity contribution < 1.29 is 14.3 Å². The van der Waals surface area contributed by atoms with Crippen LogP contribution in [0.3, 0.4) is 0 Å². The summed E-state index contributed by atoms with van der Waals surface area (Å²) in [5, 5.41) is 6.44. The molecule has 8 nitrogen and oxygen atoms in total. The van der Waals surface area contributed by atoms with Crippen molar-refractivity contribution in [3.63, 3.8) is 0 Å². The molecule has 1 saturated heterocycles. The molecule has 170 valence electrons. The number of aromatic nitrogens is 2. The highest BCUT2D eigenvalue weighted by molar-refractivity contribution is 5.97. The molecule has 0 spiro atoms. The molecular weight excluding hydrogens is 418 g/mol. The van der Waals surface area contributed by atoms with Gasteiger partial charge in [-0.15, -0.1) is 0 Å². The van der Waals surface area contributed by atoms with Crippen LogP contribution in [0.5, 0.6) is 5.75 Å². The zero-order valence-electron chi connectivity index (χ0n) is 18.6. The molecule has 0 unspecified atom stereocenters. The number of hydrogen-bond donors (Lipinski definition) is 2. The van der Waals surface area contributed by atoms with E-state index in [0.29, 0.717) is 12.1 Å². The van der Waals surface area contributed by atoms with Crippen molar-refractivity contribution in [3.8, 4) is 16.9 Å². The molecule has 5 rings (SSSR count). The molecule has 2 aromatic carbocycles. The van der Waals surface area contributed by atoms with Gasteiger partial charge in [-0.2, -0.15) is 0 Å². The maximum Gasteiger partial charge on any atom is 0.251 e.